The van der Waals surface area contributed by atoms with Crippen LogP contribution in [-0.4, -0.2) is 20.2 Å². The highest BCUT2D eigenvalue weighted by molar-refractivity contribution is 6.01. The third-order valence-corrected chi connectivity index (χ3v) is 3.92. The first-order valence-corrected chi connectivity index (χ1v) is 6.39. The molecule has 0 heterocycles. The first-order chi connectivity index (χ1) is 9.24. The number of hydrogen-bond donors (Lipinski definition) is 0. The fourth-order valence-electron chi connectivity index (χ4n) is 3.04. The van der Waals surface area contributed by atoms with Gasteiger partial charge in [0.15, 0.2) is 0 Å². The van der Waals surface area contributed by atoms with Crippen LogP contribution < -0.4 is 4.74 Å². The van der Waals surface area contributed by atoms with Crippen molar-refractivity contribution in [2.24, 2.45) is 11.8 Å². The van der Waals surface area contributed by atoms with Crippen LogP contribution in [-0.2, 0) is 9.53 Å². The largest absolute Gasteiger partial charge is 0.497 e. The summed E-state index contributed by atoms with van der Waals surface area (Å²) in [7, 11) is 3.09. The van der Waals surface area contributed by atoms with Gasteiger partial charge < -0.3 is 9.47 Å². The lowest BCUT2D eigenvalue weighted by Gasteiger charge is -2.15. The molecule has 98 valence electrons. The summed E-state index contributed by atoms with van der Waals surface area (Å²) in [6.45, 7) is 0. The lowest BCUT2D eigenvalue weighted by atomic mass is 9.91. The van der Waals surface area contributed by atoms with Crippen LogP contribution in [0.1, 0.15) is 12.0 Å². The van der Waals surface area contributed by atoms with Crippen LogP contribution in [0.15, 0.2) is 42.0 Å². The Morgan fingerprint density at radius 2 is 1.79 bits per heavy atom. The van der Waals surface area contributed by atoms with Gasteiger partial charge in [0.25, 0.3) is 0 Å². The van der Waals surface area contributed by atoms with Crippen molar-refractivity contribution in [2.75, 3.05) is 14.2 Å². The Balaban J connectivity index is 2.04. The molecule has 2 bridgehead atoms. The fraction of sp³-hybridized carbons (Fsp3) is 0.312. The summed E-state index contributed by atoms with van der Waals surface area (Å²) in [6, 6.07) is 7.86. The first kappa shape index (κ1) is 12.0. The third kappa shape index (κ3) is 1.86. The highest BCUT2D eigenvalue weighted by Crippen LogP contribution is 2.48. The van der Waals surface area contributed by atoms with Gasteiger partial charge in [0.2, 0.25) is 0 Å². The molecule has 0 radical (unpaired) electrons. The topological polar surface area (TPSA) is 35.5 Å². The van der Waals surface area contributed by atoms with Crippen LogP contribution >= 0.6 is 0 Å². The Morgan fingerprint density at radius 1 is 1.11 bits per heavy atom. The van der Waals surface area contributed by atoms with Crippen LogP contribution in [0.3, 0.4) is 0 Å². The Morgan fingerprint density at radius 3 is 2.42 bits per heavy atom. The summed E-state index contributed by atoms with van der Waals surface area (Å²) in [5.74, 6) is 1.17. The molecule has 0 N–H and O–H groups in total. The number of esters is 1. The molecule has 1 aromatic carbocycles. The van der Waals surface area contributed by atoms with Crippen molar-refractivity contribution >= 4 is 11.5 Å². The highest BCUT2D eigenvalue weighted by atomic mass is 16.5. The molecule has 2 atom stereocenters. The van der Waals surface area contributed by atoms with Gasteiger partial charge in [-0.05, 0) is 29.7 Å². The molecule has 1 aromatic rings. The molecule has 2 unspecified atom stereocenters. The van der Waals surface area contributed by atoms with Gasteiger partial charge in [0.05, 0.1) is 14.2 Å². The van der Waals surface area contributed by atoms with E-state index in [-0.39, 0.29) is 11.9 Å². The van der Waals surface area contributed by atoms with E-state index >= 15 is 0 Å². The molecule has 19 heavy (non-hydrogen) atoms. The smallest absolute Gasteiger partial charge is 0.334 e. The van der Waals surface area contributed by atoms with Crippen LogP contribution in [0.25, 0.3) is 5.57 Å². The number of carbonyl (C=O) groups excluding carboxylic acids is 1. The van der Waals surface area contributed by atoms with Gasteiger partial charge in [-0.25, -0.2) is 4.79 Å². The van der Waals surface area contributed by atoms with E-state index in [1.54, 1.807) is 7.11 Å². The van der Waals surface area contributed by atoms with Crippen molar-refractivity contribution in [3.05, 3.63) is 47.6 Å². The summed E-state index contributed by atoms with van der Waals surface area (Å²) in [6.07, 6.45) is 5.30. The van der Waals surface area contributed by atoms with Crippen molar-refractivity contribution in [3.63, 3.8) is 0 Å². The summed E-state index contributed by atoms with van der Waals surface area (Å²) < 4.78 is 10.1. The standard InChI is InChI=1S/C16H16O3/c1-18-13-7-5-10(6-8-13)14-11-3-4-12(9-11)15(14)16(17)19-2/h3-8,11-12H,9H2,1-2H3. The number of carbonyl (C=O) groups is 1. The number of fused-ring (bicyclic) bond motifs is 2. The SMILES string of the molecule is COC(=O)C1=C(c2ccc(OC)cc2)C2C=CC1C2. The zero-order valence-electron chi connectivity index (χ0n) is 11.1. The van der Waals surface area contributed by atoms with Gasteiger partial charge in [-0.1, -0.05) is 24.3 Å². The van der Waals surface area contributed by atoms with Crippen molar-refractivity contribution in [1.29, 1.82) is 0 Å². The van der Waals surface area contributed by atoms with E-state index in [1.807, 2.05) is 24.3 Å². The molecule has 0 aliphatic heterocycles. The Labute approximate surface area is 112 Å². The lowest BCUT2D eigenvalue weighted by Crippen LogP contribution is -2.11. The number of methoxy groups -OCH3 is 2. The van der Waals surface area contributed by atoms with E-state index in [2.05, 4.69) is 12.2 Å². The lowest BCUT2D eigenvalue weighted by molar-refractivity contribution is -0.136. The number of hydrogen-bond acceptors (Lipinski definition) is 3. The van der Waals surface area contributed by atoms with Crippen LogP contribution in [0, 0.1) is 11.8 Å². The monoisotopic (exact) mass is 256 g/mol. The number of allylic oxidation sites excluding steroid dienone is 3. The molecule has 2 aliphatic rings. The highest BCUT2D eigenvalue weighted by Gasteiger charge is 2.39. The first-order valence-electron chi connectivity index (χ1n) is 6.39. The average molecular weight is 256 g/mol. The van der Waals surface area contributed by atoms with E-state index in [9.17, 15) is 4.79 Å². The zero-order chi connectivity index (χ0) is 13.4. The van der Waals surface area contributed by atoms with Crippen LogP contribution in [0.5, 0.6) is 5.75 Å². The van der Waals surface area contributed by atoms with Crippen molar-refractivity contribution < 1.29 is 14.3 Å². The molecule has 2 aliphatic carbocycles. The maximum atomic E-state index is 12.0. The minimum absolute atomic E-state index is 0.206. The van der Waals surface area contributed by atoms with Gasteiger partial charge in [0.1, 0.15) is 5.75 Å². The predicted octanol–water partition coefficient (Wildman–Crippen LogP) is 2.83. The maximum Gasteiger partial charge on any atom is 0.334 e. The van der Waals surface area contributed by atoms with Crippen LogP contribution in [0.2, 0.25) is 0 Å². The molecule has 0 saturated carbocycles. The van der Waals surface area contributed by atoms with Crippen LogP contribution in [0.4, 0.5) is 0 Å². The van der Waals surface area contributed by atoms with Crippen molar-refractivity contribution in [2.45, 2.75) is 6.42 Å². The normalized spacial score (nSPS) is 23.9. The Kier molecular flexibility index (Phi) is 2.90. The minimum atomic E-state index is -0.206. The molecule has 3 nitrogen and oxygen atoms in total. The summed E-state index contributed by atoms with van der Waals surface area (Å²) in [4.78, 5) is 12.0. The Hall–Kier alpha value is -2.03. The van der Waals surface area contributed by atoms with Gasteiger partial charge in [-0.2, -0.15) is 0 Å². The summed E-state index contributed by atoms with van der Waals surface area (Å²) in [5, 5.41) is 0. The van der Waals surface area contributed by atoms with Gasteiger partial charge in [-0.15, -0.1) is 0 Å². The fourth-order valence-corrected chi connectivity index (χ4v) is 3.04. The van der Waals surface area contributed by atoms with E-state index < -0.39 is 0 Å². The van der Waals surface area contributed by atoms with Crippen molar-refractivity contribution in [3.8, 4) is 5.75 Å². The van der Waals surface area contributed by atoms with E-state index in [0.29, 0.717) is 5.92 Å². The Bertz CT molecular complexity index is 566. The second kappa shape index (κ2) is 4.57. The molecular weight excluding hydrogens is 240 g/mol. The summed E-state index contributed by atoms with van der Waals surface area (Å²) >= 11 is 0. The predicted molar refractivity (Wildman–Crippen MR) is 72.7 cm³/mol. The number of rotatable bonds is 3. The minimum Gasteiger partial charge on any atom is -0.497 e. The molecular formula is C16H16O3. The molecule has 3 heteroatoms. The second-order valence-electron chi connectivity index (χ2n) is 4.88. The quantitative estimate of drug-likeness (QED) is 0.616. The summed E-state index contributed by atoms with van der Waals surface area (Å²) in [5.41, 5.74) is 3.01. The third-order valence-electron chi connectivity index (χ3n) is 3.92. The van der Waals surface area contributed by atoms with E-state index in [4.69, 9.17) is 9.47 Å². The number of ether oxygens (including phenoxy) is 2. The zero-order valence-corrected chi connectivity index (χ0v) is 11.1. The molecule has 3 rings (SSSR count). The average Bonchev–Trinajstić information content (AvgIpc) is 3.07. The maximum absolute atomic E-state index is 12.0. The van der Waals surface area contributed by atoms with Crippen molar-refractivity contribution in [1.82, 2.24) is 0 Å². The van der Waals surface area contributed by atoms with Gasteiger partial charge in [-0.3, -0.25) is 0 Å². The molecule has 0 saturated heterocycles. The molecule has 0 amide bonds. The van der Waals surface area contributed by atoms with E-state index in [1.165, 1.54) is 7.11 Å². The molecule has 0 aromatic heterocycles. The number of benzene rings is 1. The molecule has 0 fully saturated rings. The van der Waals surface area contributed by atoms with Gasteiger partial charge >= 0.3 is 5.97 Å². The molecule has 0 spiro atoms. The second-order valence-corrected chi connectivity index (χ2v) is 4.88. The van der Waals surface area contributed by atoms with Gasteiger partial charge in [0, 0.05) is 17.4 Å². The van der Waals surface area contributed by atoms with E-state index in [0.717, 1.165) is 28.9 Å².